The van der Waals surface area contributed by atoms with Crippen LogP contribution in [0.25, 0.3) is 10.8 Å². The Labute approximate surface area is 134 Å². The second-order valence-corrected chi connectivity index (χ2v) is 6.81. The zero-order chi connectivity index (χ0) is 14.8. The zero-order valence-corrected chi connectivity index (χ0v) is 13.3. The fraction of sp³-hybridized carbons (Fsp3) is 0.562. The summed E-state index contributed by atoms with van der Waals surface area (Å²) in [5, 5.41) is 3.04. The average molecular weight is 316 g/mol. The van der Waals surface area contributed by atoms with Gasteiger partial charge in [0.25, 0.3) is 0 Å². The number of ether oxygens (including phenoxy) is 1. The van der Waals surface area contributed by atoms with Crippen LogP contribution in [-0.4, -0.2) is 45.1 Å². The van der Waals surface area contributed by atoms with Gasteiger partial charge >= 0.3 is 0 Å². The lowest BCUT2D eigenvalue weighted by Gasteiger charge is -2.43. The van der Waals surface area contributed by atoms with Crippen molar-refractivity contribution in [2.24, 2.45) is 0 Å². The molecule has 5 nitrogen and oxygen atoms in total. The molecule has 116 valence electrons. The molecule has 0 radical (unpaired) electrons. The fourth-order valence-electron chi connectivity index (χ4n) is 3.47. The van der Waals surface area contributed by atoms with Crippen LogP contribution in [0, 0.1) is 0 Å². The third kappa shape index (κ3) is 2.91. The van der Waals surface area contributed by atoms with Crippen LogP contribution in [0.1, 0.15) is 31.4 Å². The van der Waals surface area contributed by atoms with E-state index in [9.17, 15) is 0 Å². The molecule has 2 aliphatic rings. The summed E-state index contributed by atoms with van der Waals surface area (Å²) in [6.45, 7) is 2.77. The summed E-state index contributed by atoms with van der Waals surface area (Å²) in [7, 11) is 0. The van der Waals surface area contributed by atoms with Gasteiger partial charge in [0.05, 0.1) is 18.4 Å². The highest BCUT2D eigenvalue weighted by molar-refractivity contribution is 7.13. The van der Waals surface area contributed by atoms with Gasteiger partial charge in [-0.05, 0) is 18.9 Å². The van der Waals surface area contributed by atoms with Gasteiger partial charge in [-0.2, -0.15) is 0 Å². The van der Waals surface area contributed by atoms with Crippen LogP contribution < -0.4 is 0 Å². The van der Waals surface area contributed by atoms with Crippen molar-refractivity contribution < 1.29 is 4.74 Å². The van der Waals surface area contributed by atoms with Gasteiger partial charge in [0.15, 0.2) is 10.8 Å². The lowest BCUT2D eigenvalue weighted by atomic mass is 9.90. The van der Waals surface area contributed by atoms with Crippen LogP contribution in [0.3, 0.4) is 0 Å². The summed E-state index contributed by atoms with van der Waals surface area (Å²) in [4.78, 5) is 15.8. The third-order valence-corrected chi connectivity index (χ3v) is 5.41. The van der Waals surface area contributed by atoms with Gasteiger partial charge in [-0.15, -0.1) is 11.3 Å². The number of thiazole rings is 1. The molecule has 2 aromatic rings. The van der Waals surface area contributed by atoms with E-state index in [0.717, 1.165) is 36.2 Å². The molecule has 1 aliphatic carbocycles. The highest BCUT2D eigenvalue weighted by Crippen LogP contribution is 2.30. The summed E-state index contributed by atoms with van der Waals surface area (Å²) < 4.78 is 5.94. The molecule has 1 saturated heterocycles. The summed E-state index contributed by atoms with van der Waals surface area (Å²) in [5.41, 5.74) is 1.12. The predicted molar refractivity (Wildman–Crippen MR) is 85.5 cm³/mol. The smallest absolute Gasteiger partial charge is 0.188 e. The fourth-order valence-corrected chi connectivity index (χ4v) is 4.23. The van der Waals surface area contributed by atoms with Crippen LogP contribution >= 0.6 is 11.3 Å². The van der Waals surface area contributed by atoms with Crippen molar-refractivity contribution in [2.45, 2.75) is 44.4 Å². The molecule has 0 unspecified atom stereocenters. The van der Waals surface area contributed by atoms with Gasteiger partial charge in [0.1, 0.15) is 0 Å². The van der Waals surface area contributed by atoms with Crippen molar-refractivity contribution in [1.82, 2.24) is 19.9 Å². The summed E-state index contributed by atoms with van der Waals surface area (Å²) in [6.07, 6.45) is 9.04. The molecule has 0 N–H and O–H groups in total. The maximum absolute atomic E-state index is 5.94. The number of hydrogen-bond donors (Lipinski definition) is 0. The molecule has 4 rings (SSSR count). The molecule has 6 heteroatoms. The second kappa shape index (κ2) is 6.40. The summed E-state index contributed by atoms with van der Waals surface area (Å²) in [5.74, 6) is 0.719. The molecular formula is C16H20N4OS. The second-order valence-electron chi connectivity index (χ2n) is 5.95. The third-order valence-electron chi connectivity index (χ3n) is 4.52. The summed E-state index contributed by atoms with van der Waals surface area (Å²) in [6, 6.07) is 2.40. The molecule has 0 bridgehead atoms. The Morgan fingerprint density at radius 2 is 2.09 bits per heavy atom. The van der Waals surface area contributed by atoms with E-state index in [-0.39, 0.29) is 0 Å². The summed E-state index contributed by atoms with van der Waals surface area (Å²) >= 11 is 1.63. The number of morpholine rings is 1. The number of rotatable bonds is 3. The molecule has 22 heavy (non-hydrogen) atoms. The first-order valence-electron chi connectivity index (χ1n) is 7.97. The minimum Gasteiger partial charge on any atom is -0.375 e. The quantitative estimate of drug-likeness (QED) is 0.871. The van der Waals surface area contributed by atoms with Gasteiger partial charge in [0.2, 0.25) is 0 Å². The lowest BCUT2D eigenvalue weighted by Crippen LogP contribution is -2.52. The molecule has 3 heterocycles. The first-order valence-corrected chi connectivity index (χ1v) is 8.85. The van der Waals surface area contributed by atoms with Crippen LogP contribution in [0.2, 0.25) is 0 Å². The highest BCUT2D eigenvalue weighted by Gasteiger charge is 2.34. The van der Waals surface area contributed by atoms with Gasteiger partial charge < -0.3 is 4.74 Å². The number of aromatic nitrogens is 3. The Kier molecular flexibility index (Phi) is 4.14. The Morgan fingerprint density at radius 1 is 1.23 bits per heavy atom. The standard InChI is InChI=1S/C16H20N4OS/c1-2-5-14-13(4-1)20(8-9-21-14)10-12-11-22-16(19-12)15-17-6-3-7-18-15/h3,6-7,11,13-14H,1-2,4-5,8-10H2/t13-,14+/m1/s1. The maximum Gasteiger partial charge on any atom is 0.188 e. The molecule has 2 fully saturated rings. The topological polar surface area (TPSA) is 51.1 Å². The van der Waals surface area contributed by atoms with Crippen molar-refractivity contribution in [1.29, 1.82) is 0 Å². The van der Waals surface area contributed by atoms with Crippen LogP contribution in [0.4, 0.5) is 0 Å². The Balaban J connectivity index is 1.48. The number of fused-ring (bicyclic) bond motifs is 1. The molecule has 1 aliphatic heterocycles. The molecular weight excluding hydrogens is 296 g/mol. The average Bonchev–Trinajstić information content (AvgIpc) is 3.05. The van der Waals surface area contributed by atoms with E-state index < -0.39 is 0 Å². The normalized spacial score (nSPS) is 25.8. The van der Waals surface area contributed by atoms with E-state index in [1.807, 2.05) is 6.07 Å². The van der Waals surface area contributed by atoms with Gasteiger partial charge in [-0.1, -0.05) is 12.8 Å². The van der Waals surface area contributed by atoms with Crippen LogP contribution in [-0.2, 0) is 11.3 Å². The Hall–Kier alpha value is -1.37. The molecule has 0 amide bonds. The van der Waals surface area contributed by atoms with Crippen LogP contribution in [0.5, 0.6) is 0 Å². The number of hydrogen-bond acceptors (Lipinski definition) is 6. The van der Waals surface area contributed by atoms with Crippen molar-refractivity contribution in [3.63, 3.8) is 0 Å². The zero-order valence-electron chi connectivity index (χ0n) is 12.5. The van der Waals surface area contributed by atoms with E-state index >= 15 is 0 Å². The van der Waals surface area contributed by atoms with E-state index in [1.165, 1.54) is 25.7 Å². The molecule has 2 aromatic heterocycles. The van der Waals surface area contributed by atoms with Gasteiger partial charge in [-0.25, -0.2) is 15.0 Å². The molecule has 0 aromatic carbocycles. The Morgan fingerprint density at radius 3 is 3.00 bits per heavy atom. The van der Waals surface area contributed by atoms with E-state index in [0.29, 0.717) is 12.1 Å². The molecule has 0 spiro atoms. The Bertz CT molecular complexity index is 616. The molecule has 2 atom stereocenters. The first-order chi connectivity index (χ1) is 10.9. The van der Waals surface area contributed by atoms with Gasteiger partial charge in [-0.3, -0.25) is 4.90 Å². The monoisotopic (exact) mass is 316 g/mol. The minimum absolute atomic E-state index is 0.429. The minimum atomic E-state index is 0.429. The van der Waals surface area contributed by atoms with E-state index in [2.05, 4.69) is 20.2 Å². The van der Waals surface area contributed by atoms with Crippen molar-refractivity contribution in [3.8, 4) is 10.8 Å². The highest BCUT2D eigenvalue weighted by atomic mass is 32.1. The van der Waals surface area contributed by atoms with Gasteiger partial charge in [0, 0.05) is 36.9 Å². The van der Waals surface area contributed by atoms with Crippen molar-refractivity contribution in [2.75, 3.05) is 13.2 Å². The SMILES string of the molecule is c1cnc(-c2nc(CN3CCO[C@H]4CCCC[C@H]43)cs2)nc1. The molecule has 1 saturated carbocycles. The van der Waals surface area contributed by atoms with E-state index in [1.54, 1.807) is 23.7 Å². The van der Waals surface area contributed by atoms with Crippen LogP contribution in [0.15, 0.2) is 23.8 Å². The van der Waals surface area contributed by atoms with Crippen molar-refractivity contribution >= 4 is 11.3 Å². The lowest BCUT2D eigenvalue weighted by molar-refractivity contribution is -0.0914. The first kappa shape index (κ1) is 14.2. The predicted octanol–water partition coefficient (Wildman–Crippen LogP) is 2.74. The largest absolute Gasteiger partial charge is 0.375 e. The maximum atomic E-state index is 5.94. The van der Waals surface area contributed by atoms with E-state index in [4.69, 9.17) is 9.72 Å². The van der Waals surface area contributed by atoms with Crippen molar-refractivity contribution in [3.05, 3.63) is 29.5 Å². The number of nitrogens with zero attached hydrogens (tertiary/aromatic N) is 4.